The largest absolute Gasteiger partial charge is 0.545 e. The van der Waals surface area contributed by atoms with Gasteiger partial charge in [-0.25, -0.2) is 0 Å². The van der Waals surface area contributed by atoms with Crippen LogP contribution in [-0.4, -0.2) is 11.9 Å². The normalized spacial score (nSPS) is 11.7. The van der Waals surface area contributed by atoms with Crippen LogP contribution in [0.4, 0.5) is 0 Å². The molecule has 0 saturated heterocycles. The number of aliphatic carboxylic acids is 2. The fraction of sp³-hybridized carbons (Fsp3) is 0.111. The maximum Gasteiger partial charge on any atom is 0.0724 e. The Hall–Kier alpha value is -2.88. The molecular formula is C18H14O4-2. The molecule has 0 saturated carbocycles. The molecule has 0 fully saturated rings. The van der Waals surface area contributed by atoms with Crippen molar-refractivity contribution >= 4 is 17.5 Å². The topological polar surface area (TPSA) is 80.3 Å². The van der Waals surface area contributed by atoms with E-state index in [1.165, 1.54) is 6.92 Å². The fourth-order valence-corrected chi connectivity index (χ4v) is 2.30. The van der Waals surface area contributed by atoms with E-state index >= 15 is 0 Å². The highest BCUT2D eigenvalue weighted by Gasteiger charge is 2.12. The Morgan fingerprint density at radius 3 is 2.05 bits per heavy atom. The molecular weight excluding hydrogens is 280 g/mol. The van der Waals surface area contributed by atoms with Crippen molar-refractivity contribution in [1.29, 1.82) is 0 Å². The minimum Gasteiger partial charge on any atom is -0.545 e. The van der Waals surface area contributed by atoms with E-state index in [2.05, 4.69) is 0 Å². The summed E-state index contributed by atoms with van der Waals surface area (Å²) < 4.78 is 0. The van der Waals surface area contributed by atoms with Gasteiger partial charge in [0.1, 0.15) is 0 Å². The zero-order chi connectivity index (χ0) is 16.1. The summed E-state index contributed by atoms with van der Waals surface area (Å²) in [6.45, 7) is 1.21. The molecule has 2 aromatic rings. The van der Waals surface area contributed by atoms with Crippen LogP contribution in [0.15, 0.2) is 60.2 Å². The van der Waals surface area contributed by atoms with E-state index in [-0.39, 0.29) is 11.1 Å². The van der Waals surface area contributed by atoms with Gasteiger partial charge in [0.15, 0.2) is 0 Å². The molecule has 22 heavy (non-hydrogen) atoms. The van der Waals surface area contributed by atoms with Gasteiger partial charge in [-0.05, 0) is 35.6 Å². The molecule has 0 heterocycles. The van der Waals surface area contributed by atoms with E-state index < -0.39 is 11.9 Å². The van der Waals surface area contributed by atoms with Crippen LogP contribution >= 0.6 is 0 Å². The second-order valence-corrected chi connectivity index (χ2v) is 4.89. The summed E-state index contributed by atoms with van der Waals surface area (Å²) in [6.07, 6.45) is 0.494. The Balaban J connectivity index is 2.54. The highest BCUT2D eigenvalue weighted by molar-refractivity contribution is 6.20. The molecule has 0 aliphatic rings. The second-order valence-electron chi connectivity index (χ2n) is 4.89. The highest BCUT2D eigenvalue weighted by Crippen LogP contribution is 2.24. The molecule has 0 amide bonds. The smallest absolute Gasteiger partial charge is 0.0724 e. The van der Waals surface area contributed by atoms with Crippen molar-refractivity contribution in [3.05, 3.63) is 76.9 Å². The third-order valence-corrected chi connectivity index (χ3v) is 3.41. The predicted molar refractivity (Wildman–Crippen MR) is 78.3 cm³/mol. The van der Waals surface area contributed by atoms with Gasteiger partial charge in [-0.15, -0.1) is 0 Å². The van der Waals surface area contributed by atoms with Gasteiger partial charge in [-0.2, -0.15) is 0 Å². The van der Waals surface area contributed by atoms with Gasteiger partial charge in [0.25, 0.3) is 0 Å². The number of carbonyl (C=O) groups excluding carboxylic acids is 2. The first-order valence-corrected chi connectivity index (χ1v) is 6.76. The summed E-state index contributed by atoms with van der Waals surface area (Å²) in [5, 5.41) is 22.4. The Kier molecular flexibility index (Phi) is 4.73. The van der Waals surface area contributed by atoms with Gasteiger partial charge in [0.05, 0.1) is 11.9 Å². The van der Waals surface area contributed by atoms with Crippen LogP contribution in [0.3, 0.4) is 0 Å². The Bertz CT molecular complexity index is 730. The summed E-state index contributed by atoms with van der Waals surface area (Å²) in [5.41, 5.74) is 1.37. The molecule has 0 atom stereocenters. The van der Waals surface area contributed by atoms with Crippen molar-refractivity contribution < 1.29 is 19.8 Å². The first-order valence-electron chi connectivity index (χ1n) is 6.76. The number of carboxylic acid groups (broad SMARTS) is 2. The minimum atomic E-state index is -1.53. The van der Waals surface area contributed by atoms with E-state index in [0.717, 1.165) is 5.56 Å². The molecule has 0 aliphatic carbocycles. The first kappa shape index (κ1) is 15.5. The molecule has 0 aliphatic heterocycles. The molecule has 0 N–H and O–H groups in total. The van der Waals surface area contributed by atoms with Crippen LogP contribution < -0.4 is 10.2 Å². The molecule has 2 rings (SSSR count). The van der Waals surface area contributed by atoms with Crippen LogP contribution in [0.2, 0.25) is 0 Å². The van der Waals surface area contributed by atoms with Crippen molar-refractivity contribution in [3.63, 3.8) is 0 Å². The van der Waals surface area contributed by atoms with Gasteiger partial charge >= 0.3 is 0 Å². The Labute approximate surface area is 128 Å². The van der Waals surface area contributed by atoms with Gasteiger partial charge < -0.3 is 19.8 Å². The number of carboxylic acids is 2. The minimum absolute atomic E-state index is 0.341. The van der Waals surface area contributed by atoms with E-state index in [1.807, 2.05) is 30.3 Å². The van der Waals surface area contributed by atoms with E-state index in [4.69, 9.17) is 0 Å². The van der Waals surface area contributed by atoms with Crippen molar-refractivity contribution in [1.82, 2.24) is 0 Å². The molecule has 0 spiro atoms. The molecule has 0 radical (unpaired) electrons. The summed E-state index contributed by atoms with van der Waals surface area (Å²) in [6, 6.07) is 16.3. The molecule has 112 valence electrons. The molecule has 4 nitrogen and oxygen atoms in total. The second kappa shape index (κ2) is 6.72. The predicted octanol–water partition coefficient (Wildman–Crippen LogP) is 0.551. The maximum absolute atomic E-state index is 11.4. The molecule has 0 unspecified atom stereocenters. The zero-order valence-corrected chi connectivity index (χ0v) is 12.0. The Morgan fingerprint density at radius 1 is 0.864 bits per heavy atom. The average molecular weight is 294 g/mol. The molecule has 2 aromatic carbocycles. The third-order valence-electron chi connectivity index (χ3n) is 3.41. The molecule has 4 heteroatoms. The summed E-state index contributed by atoms with van der Waals surface area (Å²) in [7, 11) is 0. The lowest BCUT2D eigenvalue weighted by Crippen LogP contribution is -2.30. The summed E-state index contributed by atoms with van der Waals surface area (Å²) in [4.78, 5) is 22.4. The van der Waals surface area contributed by atoms with Crippen LogP contribution in [0.1, 0.15) is 23.6 Å². The van der Waals surface area contributed by atoms with E-state index in [9.17, 15) is 19.8 Å². The number of hydrogen-bond donors (Lipinski definition) is 0. The number of benzene rings is 2. The quantitative estimate of drug-likeness (QED) is 0.754. The van der Waals surface area contributed by atoms with Crippen molar-refractivity contribution in [2.75, 3.05) is 0 Å². The van der Waals surface area contributed by atoms with Crippen LogP contribution in [0.25, 0.3) is 5.57 Å². The molecule has 0 aromatic heterocycles. The van der Waals surface area contributed by atoms with Gasteiger partial charge in [-0.3, -0.25) is 0 Å². The lowest BCUT2D eigenvalue weighted by atomic mass is 9.92. The highest BCUT2D eigenvalue weighted by atomic mass is 16.4. The number of carbonyl (C=O) groups is 2. The van der Waals surface area contributed by atoms with Gasteiger partial charge in [0, 0.05) is 5.57 Å². The standard InChI is InChI=1S/C18H16O4/c1-12(17(19)20)16(18(21)22)15-10-6-5-9-14(15)11-13-7-3-2-4-8-13/h2-10H,11H2,1H3,(H,19,20)(H,21,22)/p-2/b16-12+. The van der Waals surface area contributed by atoms with Crippen LogP contribution in [0, 0.1) is 0 Å². The third kappa shape index (κ3) is 3.41. The molecule has 0 bridgehead atoms. The lowest BCUT2D eigenvalue weighted by Gasteiger charge is -2.18. The van der Waals surface area contributed by atoms with E-state index in [0.29, 0.717) is 17.5 Å². The van der Waals surface area contributed by atoms with Crippen molar-refractivity contribution in [3.8, 4) is 0 Å². The zero-order valence-electron chi connectivity index (χ0n) is 12.0. The first-order chi connectivity index (χ1) is 10.5. The maximum atomic E-state index is 11.4. The average Bonchev–Trinajstić information content (AvgIpc) is 2.49. The van der Waals surface area contributed by atoms with Crippen molar-refractivity contribution in [2.45, 2.75) is 13.3 Å². The fourth-order valence-electron chi connectivity index (χ4n) is 2.30. The SMILES string of the molecule is C/C(C(=O)[O-])=C(\C(=O)[O-])c1ccccc1Cc1ccccc1. The van der Waals surface area contributed by atoms with E-state index in [1.54, 1.807) is 24.3 Å². The van der Waals surface area contributed by atoms with Gasteiger partial charge in [0.2, 0.25) is 0 Å². The summed E-state index contributed by atoms with van der Waals surface area (Å²) in [5.74, 6) is -3.05. The monoisotopic (exact) mass is 294 g/mol. The lowest BCUT2D eigenvalue weighted by molar-refractivity contribution is -0.301. The van der Waals surface area contributed by atoms with Crippen LogP contribution in [-0.2, 0) is 16.0 Å². The van der Waals surface area contributed by atoms with Crippen molar-refractivity contribution in [2.24, 2.45) is 0 Å². The number of rotatable bonds is 5. The van der Waals surface area contributed by atoms with Crippen LogP contribution in [0.5, 0.6) is 0 Å². The summed E-state index contributed by atoms with van der Waals surface area (Å²) >= 11 is 0. The Morgan fingerprint density at radius 2 is 1.45 bits per heavy atom. The van der Waals surface area contributed by atoms with Gasteiger partial charge in [-0.1, -0.05) is 54.6 Å². The number of hydrogen-bond acceptors (Lipinski definition) is 4.